The zero-order valence-electron chi connectivity index (χ0n) is 10.7. The minimum absolute atomic E-state index is 0.00273. The zero-order chi connectivity index (χ0) is 14.8. The Hall–Kier alpha value is -0.990. The van der Waals surface area contributed by atoms with E-state index in [1.54, 1.807) is 0 Å². The van der Waals surface area contributed by atoms with Crippen molar-refractivity contribution >= 4 is 31.9 Å². The summed E-state index contributed by atoms with van der Waals surface area (Å²) < 4.78 is 26.9. The molecule has 0 radical (unpaired) electrons. The van der Waals surface area contributed by atoms with Crippen LogP contribution in [-0.2, 0) is 14.8 Å². The highest BCUT2D eigenvalue weighted by molar-refractivity contribution is 9.10. The van der Waals surface area contributed by atoms with E-state index in [2.05, 4.69) is 20.9 Å². The Morgan fingerprint density at radius 2 is 2.25 bits per heavy atom. The molecule has 0 amide bonds. The molecule has 1 saturated heterocycles. The highest BCUT2D eigenvalue weighted by Gasteiger charge is 2.31. The van der Waals surface area contributed by atoms with Crippen LogP contribution in [0.1, 0.15) is 19.3 Å². The number of nitrogens with zero attached hydrogens (tertiary/aromatic N) is 2. The molecule has 1 fully saturated rings. The minimum atomic E-state index is -3.61. The largest absolute Gasteiger partial charge is 0.481 e. The van der Waals surface area contributed by atoms with Crippen LogP contribution < -0.4 is 0 Å². The van der Waals surface area contributed by atoms with Crippen LogP contribution in [0, 0.1) is 5.92 Å². The normalized spacial score (nSPS) is 20.8. The second kappa shape index (κ2) is 6.19. The Labute approximate surface area is 126 Å². The Morgan fingerprint density at radius 3 is 2.90 bits per heavy atom. The van der Waals surface area contributed by atoms with Crippen LogP contribution in [0.25, 0.3) is 0 Å². The molecule has 0 spiro atoms. The predicted molar refractivity (Wildman–Crippen MR) is 75.7 cm³/mol. The molecule has 110 valence electrons. The summed E-state index contributed by atoms with van der Waals surface area (Å²) in [5.41, 5.74) is 0. The van der Waals surface area contributed by atoms with Gasteiger partial charge in [-0.15, -0.1) is 0 Å². The topological polar surface area (TPSA) is 87.6 Å². The van der Waals surface area contributed by atoms with Crippen LogP contribution in [0.5, 0.6) is 0 Å². The lowest BCUT2D eigenvalue weighted by molar-refractivity contribution is -0.138. The van der Waals surface area contributed by atoms with Gasteiger partial charge in [-0.25, -0.2) is 8.42 Å². The van der Waals surface area contributed by atoms with Gasteiger partial charge in [0.05, 0.1) is 0 Å². The van der Waals surface area contributed by atoms with Gasteiger partial charge in [0.25, 0.3) is 0 Å². The predicted octanol–water partition coefficient (Wildman–Crippen LogP) is 1.72. The van der Waals surface area contributed by atoms with Crippen molar-refractivity contribution in [3.05, 3.63) is 22.9 Å². The summed E-state index contributed by atoms with van der Waals surface area (Å²) in [4.78, 5) is 14.7. The summed E-state index contributed by atoms with van der Waals surface area (Å²) in [6, 6.07) is 1.50. The van der Waals surface area contributed by atoms with Gasteiger partial charge in [0, 0.05) is 36.4 Å². The lowest BCUT2D eigenvalue weighted by atomic mass is 9.96. The number of hydrogen-bond donors (Lipinski definition) is 1. The number of pyridine rings is 1. The summed E-state index contributed by atoms with van der Waals surface area (Å²) >= 11 is 3.20. The van der Waals surface area contributed by atoms with Gasteiger partial charge >= 0.3 is 5.97 Å². The van der Waals surface area contributed by atoms with E-state index in [1.165, 1.54) is 22.8 Å². The van der Waals surface area contributed by atoms with Crippen molar-refractivity contribution < 1.29 is 18.3 Å². The monoisotopic (exact) mass is 362 g/mol. The first-order valence-corrected chi connectivity index (χ1v) is 8.45. The van der Waals surface area contributed by atoms with Gasteiger partial charge < -0.3 is 5.11 Å². The minimum Gasteiger partial charge on any atom is -0.481 e. The van der Waals surface area contributed by atoms with Crippen LogP contribution in [0.4, 0.5) is 0 Å². The standard InChI is InChI=1S/C12H15BrN2O4S/c13-10-5-11(7-14-6-10)20(18,19)15-3-1-2-9(8-15)4-12(16)17/h5-7,9H,1-4,8H2,(H,16,17). The molecule has 1 aliphatic rings. The fraction of sp³-hybridized carbons (Fsp3) is 0.500. The van der Waals surface area contributed by atoms with Crippen molar-refractivity contribution in [2.75, 3.05) is 13.1 Å². The fourth-order valence-corrected chi connectivity index (χ4v) is 4.40. The van der Waals surface area contributed by atoms with Crippen molar-refractivity contribution in [1.82, 2.24) is 9.29 Å². The van der Waals surface area contributed by atoms with Crippen LogP contribution >= 0.6 is 15.9 Å². The molecule has 6 nitrogen and oxygen atoms in total. The van der Waals surface area contributed by atoms with Gasteiger partial charge in [0.1, 0.15) is 4.90 Å². The van der Waals surface area contributed by atoms with E-state index in [9.17, 15) is 13.2 Å². The number of halogens is 1. The number of carboxylic acids is 1. The van der Waals surface area contributed by atoms with E-state index in [4.69, 9.17) is 5.11 Å². The first-order valence-electron chi connectivity index (χ1n) is 6.22. The van der Waals surface area contributed by atoms with Crippen LogP contribution in [0.15, 0.2) is 27.8 Å². The summed E-state index contributed by atoms with van der Waals surface area (Å²) in [5, 5.41) is 8.82. The molecule has 20 heavy (non-hydrogen) atoms. The summed E-state index contributed by atoms with van der Waals surface area (Å²) in [6.45, 7) is 0.673. The molecular formula is C12H15BrN2O4S. The first-order chi connectivity index (χ1) is 9.39. The highest BCUT2D eigenvalue weighted by atomic mass is 79.9. The molecule has 1 aromatic rings. The van der Waals surface area contributed by atoms with E-state index < -0.39 is 16.0 Å². The van der Waals surface area contributed by atoms with Crippen LogP contribution in [-0.4, -0.2) is 41.9 Å². The number of aromatic nitrogens is 1. The fourth-order valence-electron chi connectivity index (χ4n) is 2.34. The molecule has 1 unspecified atom stereocenters. The van der Waals surface area contributed by atoms with Gasteiger partial charge in [0.15, 0.2) is 0 Å². The van der Waals surface area contributed by atoms with Gasteiger partial charge in [-0.05, 0) is 40.8 Å². The number of rotatable bonds is 4. The lowest BCUT2D eigenvalue weighted by Crippen LogP contribution is -2.40. The Bertz CT molecular complexity index is 605. The molecule has 1 atom stereocenters. The second-order valence-electron chi connectivity index (χ2n) is 4.81. The van der Waals surface area contributed by atoms with Crippen molar-refractivity contribution in [3.63, 3.8) is 0 Å². The molecule has 2 rings (SSSR count). The smallest absolute Gasteiger partial charge is 0.303 e. The van der Waals surface area contributed by atoms with Gasteiger partial charge in [-0.3, -0.25) is 9.78 Å². The third kappa shape index (κ3) is 3.56. The van der Waals surface area contributed by atoms with Gasteiger partial charge in [-0.2, -0.15) is 4.31 Å². The lowest BCUT2D eigenvalue weighted by Gasteiger charge is -2.31. The molecular weight excluding hydrogens is 348 g/mol. The summed E-state index contributed by atoms with van der Waals surface area (Å²) in [6.07, 6.45) is 4.25. The molecule has 0 aliphatic carbocycles. The third-order valence-corrected chi connectivity index (χ3v) is 5.53. The van der Waals surface area contributed by atoms with E-state index in [1.807, 2.05) is 0 Å². The molecule has 0 bridgehead atoms. The highest BCUT2D eigenvalue weighted by Crippen LogP contribution is 2.26. The van der Waals surface area contributed by atoms with E-state index >= 15 is 0 Å². The van der Waals surface area contributed by atoms with E-state index in [-0.39, 0.29) is 23.8 Å². The van der Waals surface area contributed by atoms with Crippen molar-refractivity contribution in [1.29, 1.82) is 0 Å². The molecule has 1 aromatic heterocycles. The molecule has 2 heterocycles. The molecule has 0 aromatic carbocycles. The second-order valence-corrected chi connectivity index (χ2v) is 7.66. The zero-order valence-corrected chi connectivity index (χ0v) is 13.1. The Kier molecular flexibility index (Phi) is 4.77. The number of piperidine rings is 1. The Balaban J connectivity index is 2.19. The number of carboxylic acid groups (broad SMARTS) is 1. The number of sulfonamides is 1. The maximum atomic E-state index is 12.5. The van der Waals surface area contributed by atoms with Crippen molar-refractivity contribution in [3.8, 4) is 0 Å². The molecule has 1 aliphatic heterocycles. The van der Waals surface area contributed by atoms with E-state index in [0.29, 0.717) is 17.4 Å². The summed E-state index contributed by atoms with van der Waals surface area (Å²) in [5.74, 6) is -1.02. The van der Waals surface area contributed by atoms with Crippen molar-refractivity contribution in [2.24, 2.45) is 5.92 Å². The number of hydrogen-bond acceptors (Lipinski definition) is 4. The molecule has 8 heteroatoms. The van der Waals surface area contributed by atoms with Gasteiger partial charge in [0.2, 0.25) is 10.0 Å². The van der Waals surface area contributed by atoms with Crippen molar-refractivity contribution in [2.45, 2.75) is 24.2 Å². The SMILES string of the molecule is O=C(O)CC1CCCN(S(=O)(=O)c2cncc(Br)c2)C1. The average molecular weight is 363 g/mol. The number of aliphatic carboxylic acids is 1. The first kappa shape index (κ1) is 15.4. The van der Waals surface area contributed by atoms with Gasteiger partial charge in [-0.1, -0.05) is 0 Å². The maximum absolute atomic E-state index is 12.5. The molecule has 0 saturated carbocycles. The van der Waals surface area contributed by atoms with Crippen LogP contribution in [0.3, 0.4) is 0 Å². The maximum Gasteiger partial charge on any atom is 0.303 e. The average Bonchev–Trinajstić information content (AvgIpc) is 2.38. The third-order valence-electron chi connectivity index (χ3n) is 3.26. The molecule has 1 N–H and O–H groups in total. The van der Waals surface area contributed by atoms with Crippen LogP contribution in [0.2, 0.25) is 0 Å². The Morgan fingerprint density at radius 1 is 1.50 bits per heavy atom. The quantitative estimate of drug-likeness (QED) is 0.880. The number of carbonyl (C=O) groups is 1. The summed E-state index contributed by atoms with van der Waals surface area (Å²) in [7, 11) is -3.61. The van der Waals surface area contributed by atoms with E-state index in [0.717, 1.165) is 6.42 Å².